The van der Waals surface area contributed by atoms with E-state index in [0.717, 1.165) is 5.56 Å². The largest absolute Gasteiger partial charge is 0.375 e. The molecule has 1 aromatic heterocycles. The molecule has 0 radical (unpaired) electrons. The molecule has 0 aliphatic rings. The second-order valence-electron chi connectivity index (χ2n) is 9.69. The van der Waals surface area contributed by atoms with Crippen LogP contribution in [0.1, 0.15) is 54.4 Å². The third-order valence-corrected chi connectivity index (χ3v) is 6.55. The summed E-state index contributed by atoms with van der Waals surface area (Å²) < 4.78 is 4.77. The number of aryl methyl sites for hydroxylation is 1. The number of Topliss-reactive ketones (excluding diaryl/α,β-unsaturated/α-hetero) is 1. The molecule has 0 spiro atoms. The number of nitrogens with one attached hydrogen (secondary N) is 1. The minimum absolute atomic E-state index is 0.0764. The maximum absolute atomic E-state index is 13.7. The quantitative estimate of drug-likeness (QED) is 0.361. The molecule has 36 heavy (non-hydrogen) atoms. The van der Waals surface area contributed by atoms with E-state index in [2.05, 4.69) is 10.5 Å². The lowest BCUT2D eigenvalue weighted by Gasteiger charge is -2.36. The fraction of sp³-hybridized carbons (Fsp3) is 0.241. The van der Waals surface area contributed by atoms with Gasteiger partial charge in [0, 0.05) is 16.6 Å². The highest BCUT2D eigenvalue weighted by Crippen LogP contribution is 2.39. The van der Waals surface area contributed by atoms with Crippen molar-refractivity contribution >= 4 is 28.2 Å². The van der Waals surface area contributed by atoms with Gasteiger partial charge < -0.3 is 14.9 Å². The number of nitrogens with zero attached hydrogens (tertiary/aromatic N) is 1. The molecule has 4 aromatic rings. The van der Waals surface area contributed by atoms with Gasteiger partial charge in [-0.1, -0.05) is 73.6 Å². The summed E-state index contributed by atoms with van der Waals surface area (Å²) in [5, 5.41) is 19.4. The van der Waals surface area contributed by atoms with E-state index >= 15 is 0 Å². The Morgan fingerprint density at radius 3 is 2.25 bits per heavy atom. The van der Waals surface area contributed by atoms with E-state index in [-0.39, 0.29) is 12.2 Å². The Hall–Kier alpha value is -4.10. The van der Waals surface area contributed by atoms with Crippen LogP contribution in [0.5, 0.6) is 0 Å². The molecule has 4 rings (SSSR count). The van der Waals surface area contributed by atoms with Crippen molar-refractivity contribution in [2.24, 2.45) is 0 Å². The number of aliphatic hydroxyl groups is 1. The molecule has 7 nitrogen and oxygen atoms in total. The van der Waals surface area contributed by atoms with E-state index in [4.69, 9.17) is 4.52 Å². The molecule has 0 fully saturated rings. The second-order valence-corrected chi connectivity index (χ2v) is 9.69. The molecular weight excluding hydrogens is 456 g/mol. The van der Waals surface area contributed by atoms with Crippen LogP contribution in [0.15, 0.2) is 82.1 Å². The van der Waals surface area contributed by atoms with Gasteiger partial charge in [0.25, 0.3) is 5.91 Å². The Balaban J connectivity index is 1.75. The van der Waals surface area contributed by atoms with E-state index in [0.29, 0.717) is 33.3 Å². The van der Waals surface area contributed by atoms with Crippen LogP contribution >= 0.6 is 0 Å². The average molecular weight is 485 g/mol. The second kappa shape index (κ2) is 9.51. The number of aromatic nitrogens is 1. The summed E-state index contributed by atoms with van der Waals surface area (Å²) >= 11 is 0. The SMILES string of the molecule is CC(=O)c1ccc(C(O)(CC(C)(C)c2ccccc2)C(=O)Nc2ccc3c(=O)onc(C)c3c2)cc1. The smallest absolute Gasteiger partial charge is 0.366 e. The zero-order chi connectivity index (χ0) is 26.1. The molecule has 0 saturated carbocycles. The van der Waals surface area contributed by atoms with Gasteiger partial charge in [0.15, 0.2) is 11.4 Å². The van der Waals surface area contributed by atoms with Gasteiger partial charge in [-0.25, -0.2) is 4.79 Å². The summed E-state index contributed by atoms with van der Waals surface area (Å²) in [6.07, 6.45) is 0.0764. The van der Waals surface area contributed by atoms with Gasteiger partial charge in [-0.2, -0.15) is 0 Å². The van der Waals surface area contributed by atoms with Gasteiger partial charge in [0.05, 0.1) is 11.1 Å². The van der Waals surface area contributed by atoms with Crippen molar-refractivity contribution in [2.45, 2.75) is 45.1 Å². The Morgan fingerprint density at radius 1 is 0.944 bits per heavy atom. The fourth-order valence-electron chi connectivity index (χ4n) is 4.47. The third kappa shape index (κ3) is 4.83. The molecular formula is C29H28N2O5. The zero-order valence-electron chi connectivity index (χ0n) is 20.7. The highest BCUT2D eigenvalue weighted by Gasteiger charge is 2.43. The minimum Gasteiger partial charge on any atom is -0.375 e. The van der Waals surface area contributed by atoms with Crippen LogP contribution < -0.4 is 10.9 Å². The standard InChI is InChI=1S/C29H28N2O5/c1-18-25-16-23(14-15-24(25)26(33)36-31-18)30-27(34)29(35,22-12-10-20(11-13-22)19(2)32)17-28(3,4)21-8-6-5-7-9-21/h5-16,35H,17H2,1-4H3,(H,30,34). The maximum atomic E-state index is 13.7. The van der Waals surface area contributed by atoms with Gasteiger partial charge in [-0.15, -0.1) is 0 Å². The summed E-state index contributed by atoms with van der Waals surface area (Å²) in [4.78, 5) is 37.5. The van der Waals surface area contributed by atoms with Gasteiger partial charge >= 0.3 is 5.63 Å². The molecule has 184 valence electrons. The number of amides is 1. The molecule has 0 aliphatic heterocycles. The van der Waals surface area contributed by atoms with Gasteiger partial charge in [0.2, 0.25) is 0 Å². The monoisotopic (exact) mass is 484 g/mol. The highest BCUT2D eigenvalue weighted by atomic mass is 16.5. The number of benzene rings is 3. The van der Waals surface area contributed by atoms with E-state index in [1.165, 1.54) is 6.92 Å². The van der Waals surface area contributed by atoms with Crippen molar-refractivity contribution in [2.75, 3.05) is 5.32 Å². The molecule has 0 saturated heterocycles. The highest BCUT2D eigenvalue weighted by molar-refractivity contribution is 6.00. The molecule has 3 aromatic carbocycles. The number of fused-ring (bicyclic) bond motifs is 1. The molecule has 1 heterocycles. The number of hydrogen-bond acceptors (Lipinski definition) is 6. The summed E-state index contributed by atoms with van der Waals surface area (Å²) in [6.45, 7) is 7.10. The van der Waals surface area contributed by atoms with Crippen molar-refractivity contribution in [1.82, 2.24) is 5.16 Å². The lowest BCUT2D eigenvalue weighted by atomic mass is 9.72. The van der Waals surface area contributed by atoms with E-state index in [9.17, 15) is 19.5 Å². The molecule has 7 heteroatoms. The van der Waals surface area contributed by atoms with Crippen molar-refractivity contribution in [3.8, 4) is 0 Å². The number of carbonyl (C=O) groups is 2. The molecule has 1 amide bonds. The number of ketones is 1. The first-order valence-corrected chi connectivity index (χ1v) is 11.6. The average Bonchev–Trinajstić information content (AvgIpc) is 2.86. The van der Waals surface area contributed by atoms with Crippen LogP contribution in [-0.2, 0) is 15.8 Å². The first-order valence-electron chi connectivity index (χ1n) is 11.6. The normalized spacial score (nSPS) is 13.2. The van der Waals surface area contributed by atoms with Crippen LogP contribution in [0.25, 0.3) is 10.8 Å². The van der Waals surface area contributed by atoms with Crippen molar-refractivity contribution in [3.05, 3.63) is 106 Å². The van der Waals surface area contributed by atoms with Gasteiger partial charge in [-0.05, 0) is 55.0 Å². The zero-order valence-corrected chi connectivity index (χ0v) is 20.7. The molecule has 0 bridgehead atoms. The van der Waals surface area contributed by atoms with Crippen LogP contribution in [0.4, 0.5) is 5.69 Å². The predicted octanol–water partition coefficient (Wildman–Crippen LogP) is 4.89. The molecule has 0 aliphatic carbocycles. The van der Waals surface area contributed by atoms with Crippen molar-refractivity contribution < 1.29 is 19.2 Å². The summed E-state index contributed by atoms with van der Waals surface area (Å²) in [5.74, 6) is -0.737. The Bertz CT molecular complexity index is 1490. The minimum atomic E-state index is -1.92. The van der Waals surface area contributed by atoms with Crippen LogP contribution in [-0.4, -0.2) is 22.0 Å². The number of carbonyl (C=O) groups excluding carboxylic acids is 2. The predicted molar refractivity (Wildman–Crippen MR) is 138 cm³/mol. The number of hydrogen-bond donors (Lipinski definition) is 2. The van der Waals surface area contributed by atoms with Crippen LogP contribution in [0.2, 0.25) is 0 Å². The molecule has 2 N–H and O–H groups in total. The van der Waals surface area contributed by atoms with E-state index in [1.54, 1.807) is 49.4 Å². The van der Waals surface area contributed by atoms with Crippen LogP contribution in [0, 0.1) is 6.92 Å². The first kappa shape index (κ1) is 25.0. The molecule has 1 unspecified atom stereocenters. The summed E-state index contributed by atoms with van der Waals surface area (Å²) in [6, 6.07) is 20.9. The number of anilines is 1. The Morgan fingerprint density at radius 2 is 1.61 bits per heavy atom. The van der Waals surface area contributed by atoms with E-state index < -0.39 is 22.5 Å². The van der Waals surface area contributed by atoms with Gasteiger partial charge in [-0.3, -0.25) is 9.59 Å². The Kier molecular flexibility index (Phi) is 6.61. The van der Waals surface area contributed by atoms with Crippen LogP contribution in [0.3, 0.4) is 0 Å². The van der Waals surface area contributed by atoms with Crippen molar-refractivity contribution in [3.63, 3.8) is 0 Å². The first-order chi connectivity index (χ1) is 17.0. The van der Waals surface area contributed by atoms with Crippen molar-refractivity contribution in [1.29, 1.82) is 0 Å². The fourth-order valence-corrected chi connectivity index (χ4v) is 4.47. The molecule has 1 atom stereocenters. The Labute approximate surface area is 208 Å². The maximum Gasteiger partial charge on any atom is 0.366 e. The number of rotatable bonds is 7. The summed E-state index contributed by atoms with van der Waals surface area (Å²) in [5.41, 5.74) is -0.341. The lowest BCUT2D eigenvalue weighted by molar-refractivity contribution is -0.137. The van der Waals surface area contributed by atoms with E-state index in [1.807, 2.05) is 44.2 Å². The topological polar surface area (TPSA) is 110 Å². The third-order valence-electron chi connectivity index (χ3n) is 6.55. The van der Waals surface area contributed by atoms with Gasteiger partial charge in [0.1, 0.15) is 0 Å². The summed E-state index contributed by atoms with van der Waals surface area (Å²) in [7, 11) is 0. The lowest BCUT2D eigenvalue weighted by Crippen LogP contribution is -2.44.